The molecule has 3 aromatic carbocycles. The molecule has 1 N–H and O–H groups in total. The Balaban J connectivity index is 0.000000386. The normalized spacial score (nSPS) is 21.4. The number of rotatable bonds is 6. The van der Waals surface area contributed by atoms with Gasteiger partial charge in [0.05, 0.1) is 5.92 Å². The zero-order valence-electron chi connectivity index (χ0n) is 22.7. The van der Waals surface area contributed by atoms with Gasteiger partial charge >= 0.3 is 25.8 Å². The van der Waals surface area contributed by atoms with Crippen molar-refractivity contribution < 1.29 is 38.8 Å². The summed E-state index contributed by atoms with van der Waals surface area (Å²) in [7, 11) is 0. The first kappa shape index (κ1) is 29.8. The van der Waals surface area contributed by atoms with Crippen molar-refractivity contribution in [2.45, 2.75) is 58.0 Å². The summed E-state index contributed by atoms with van der Waals surface area (Å²) >= 11 is 1.87. The van der Waals surface area contributed by atoms with Gasteiger partial charge in [0.1, 0.15) is 17.7 Å². The fraction of sp³-hybridized carbons (Fsp3) is 0.406. The van der Waals surface area contributed by atoms with E-state index < -0.39 is 5.97 Å². The third kappa shape index (κ3) is 6.59. The Morgan fingerprint density at radius 3 is 2.31 bits per heavy atom. The quantitative estimate of drug-likeness (QED) is 0.211. The summed E-state index contributed by atoms with van der Waals surface area (Å²) < 4.78 is 23.5. The average Bonchev–Trinajstić information content (AvgIpc) is 3.32. The number of ether oxygens (including phenoxy) is 1. The van der Waals surface area contributed by atoms with Crippen LogP contribution in [0.5, 0.6) is 5.75 Å². The van der Waals surface area contributed by atoms with E-state index in [-0.39, 0.29) is 43.5 Å². The molecule has 2 unspecified atom stereocenters. The molecule has 1 saturated heterocycles. The van der Waals surface area contributed by atoms with Gasteiger partial charge in [-0.15, -0.1) is 5.56 Å². The molecule has 1 aliphatic heterocycles. The summed E-state index contributed by atoms with van der Waals surface area (Å²) in [6.45, 7) is 6.74. The molecule has 6 rings (SSSR count). The topological polar surface area (TPSA) is 49.8 Å². The Morgan fingerprint density at radius 1 is 1.08 bits per heavy atom. The molecule has 3 atom stereocenters. The first-order chi connectivity index (χ1) is 18.4. The largest absolute Gasteiger partial charge is 1.00 e. The minimum atomic E-state index is -0.735. The monoisotopic (exact) mass is 724 g/mol. The minimum absolute atomic E-state index is 0. The summed E-state index contributed by atoms with van der Waals surface area (Å²) in [6.07, 6.45) is 6.81. The molecule has 1 radical (unpaired) electrons. The Morgan fingerprint density at radius 2 is 1.74 bits per heavy atom. The van der Waals surface area contributed by atoms with Gasteiger partial charge in [-0.1, -0.05) is 44.0 Å². The predicted molar refractivity (Wildman–Crippen MR) is 151 cm³/mol. The van der Waals surface area contributed by atoms with Crippen molar-refractivity contribution >= 4 is 17.9 Å². The van der Waals surface area contributed by atoms with Crippen LogP contribution in [-0.2, 0) is 31.0 Å². The number of aryl methyl sites for hydroxylation is 2. The molecule has 207 valence electrons. The second-order valence-corrected chi connectivity index (χ2v) is 11.4. The molecule has 2 aliphatic carbocycles. The zero-order valence-corrected chi connectivity index (χ0v) is 26.0. The number of hydrogen-bond acceptors (Lipinski definition) is 4. The summed E-state index contributed by atoms with van der Waals surface area (Å²) in [4.78, 5) is 11.1. The van der Waals surface area contributed by atoms with E-state index in [9.17, 15) is 9.18 Å². The average molecular weight is 723 g/mol. The first-order valence-corrected chi connectivity index (χ1v) is 14.6. The second kappa shape index (κ2) is 13.0. The van der Waals surface area contributed by atoms with E-state index in [2.05, 4.69) is 30.5 Å². The van der Waals surface area contributed by atoms with Crippen molar-refractivity contribution in [1.29, 1.82) is 0 Å². The van der Waals surface area contributed by atoms with Gasteiger partial charge in [-0.05, 0) is 79.2 Å². The number of carboxylic acid groups (broad SMARTS) is 1. The van der Waals surface area contributed by atoms with Gasteiger partial charge in [-0.2, -0.15) is 29.3 Å². The van der Waals surface area contributed by atoms with Crippen molar-refractivity contribution in [3.8, 4) is 16.9 Å². The van der Waals surface area contributed by atoms with Gasteiger partial charge in [0.2, 0.25) is 0 Å². The molecule has 0 amide bonds. The second-order valence-electron chi connectivity index (χ2n) is 10.5. The van der Waals surface area contributed by atoms with E-state index in [1.807, 2.05) is 54.4 Å². The molecular weight excluding hydrogens is 688 g/mol. The van der Waals surface area contributed by atoms with Crippen LogP contribution in [-0.4, -0.2) is 34.7 Å². The van der Waals surface area contributed by atoms with Crippen molar-refractivity contribution in [2.75, 3.05) is 19.3 Å². The number of fused-ring (bicyclic) bond motifs is 1. The Hall–Kier alpha value is -2.19. The molecule has 3 aromatic rings. The predicted octanol–water partition coefficient (Wildman–Crippen LogP) is 7.52. The summed E-state index contributed by atoms with van der Waals surface area (Å²) in [5, 5.41) is 9.13. The summed E-state index contributed by atoms with van der Waals surface area (Å²) in [5.41, 5.74) is 7.20. The van der Waals surface area contributed by atoms with Crippen LogP contribution in [0, 0.1) is 31.6 Å². The van der Waals surface area contributed by atoms with E-state index in [0.29, 0.717) is 17.7 Å². The summed E-state index contributed by atoms with van der Waals surface area (Å²) in [5.74, 6) is -0.462. The van der Waals surface area contributed by atoms with Crippen LogP contribution in [0.1, 0.15) is 65.5 Å². The molecule has 0 aromatic heterocycles. The maximum Gasteiger partial charge on any atom is 1.00 e. The maximum absolute atomic E-state index is 14.9. The Labute approximate surface area is 248 Å². The Kier molecular flexibility index (Phi) is 9.91. The smallest absolute Gasteiger partial charge is 0.486 e. The van der Waals surface area contributed by atoms with E-state index in [0.717, 1.165) is 46.2 Å². The zero-order chi connectivity index (χ0) is 26.8. The van der Waals surface area contributed by atoms with Crippen LogP contribution < -0.4 is 4.74 Å². The maximum atomic E-state index is 14.9. The molecule has 2 fully saturated rings. The first-order valence-electron chi connectivity index (χ1n) is 13.4. The van der Waals surface area contributed by atoms with Gasteiger partial charge in [0.15, 0.2) is 0 Å². The van der Waals surface area contributed by atoms with Crippen molar-refractivity contribution in [3.63, 3.8) is 0 Å². The number of hydrogen-bond donors (Lipinski definition) is 1. The van der Waals surface area contributed by atoms with Crippen molar-refractivity contribution in [1.82, 2.24) is 4.31 Å². The van der Waals surface area contributed by atoms with Gasteiger partial charge in [0, 0.05) is 18.7 Å². The standard InChI is InChI=1S/C27H24FO3.C5H11NS.Os/c1-15-4-3-5-16(2)25(15)19-10-12-23(28)26-20(19)11-13-24(26)31-18-8-6-17(7-9-18)21-14-22(21)27(29)30;1-7-6-4-2-3-5-6;/h4-10,12,21-22,24H,11,13-14H2,1-2H3,(H,29,30);2-5H2,1H3;/q-1;;+1/t21?,22-,24?;;/m0../s1. The third-order valence-electron chi connectivity index (χ3n) is 7.96. The van der Waals surface area contributed by atoms with Crippen LogP contribution in [0.2, 0.25) is 0 Å². The van der Waals surface area contributed by atoms with Gasteiger partial charge in [-0.25, -0.2) is 4.39 Å². The fourth-order valence-electron chi connectivity index (χ4n) is 5.86. The van der Waals surface area contributed by atoms with Crippen molar-refractivity contribution in [2.24, 2.45) is 5.92 Å². The molecule has 7 heteroatoms. The van der Waals surface area contributed by atoms with Crippen LogP contribution in [0.15, 0.2) is 48.5 Å². The number of benzene rings is 3. The van der Waals surface area contributed by atoms with E-state index >= 15 is 0 Å². The molecule has 1 heterocycles. The van der Waals surface area contributed by atoms with E-state index in [1.54, 1.807) is 6.07 Å². The number of carboxylic acids is 1. The van der Waals surface area contributed by atoms with Crippen LogP contribution in [0.4, 0.5) is 4.39 Å². The Bertz CT molecular complexity index is 1290. The fourth-order valence-corrected chi connectivity index (χ4v) is 6.49. The number of nitrogens with zero attached hydrogens (tertiary/aromatic N) is 1. The van der Waals surface area contributed by atoms with Gasteiger partial charge < -0.3 is 9.84 Å². The molecule has 0 spiro atoms. The molecule has 0 bridgehead atoms. The van der Waals surface area contributed by atoms with Crippen molar-refractivity contribution in [3.05, 3.63) is 88.2 Å². The van der Waals surface area contributed by atoms with Gasteiger partial charge in [0.25, 0.3) is 0 Å². The van der Waals surface area contributed by atoms with Crippen LogP contribution in [0.3, 0.4) is 0 Å². The molecule has 3 aliphatic rings. The minimum Gasteiger partial charge on any atom is -0.486 e. The molecule has 39 heavy (non-hydrogen) atoms. The number of carbonyl (C=O) groups is 1. The molecule has 4 nitrogen and oxygen atoms in total. The molecular formula is C32H35FNO3OsS. The van der Waals surface area contributed by atoms with Gasteiger partial charge in [-0.3, -0.25) is 9.10 Å². The van der Waals surface area contributed by atoms with Crippen LogP contribution in [0.25, 0.3) is 11.1 Å². The number of aliphatic carboxylic acids is 1. The number of halogens is 1. The van der Waals surface area contributed by atoms with E-state index in [4.69, 9.17) is 9.84 Å². The third-order valence-corrected chi connectivity index (χ3v) is 8.84. The van der Waals surface area contributed by atoms with Crippen LogP contribution >= 0.6 is 11.9 Å². The summed E-state index contributed by atoms with van der Waals surface area (Å²) in [6, 6.07) is 18.1. The molecule has 1 saturated carbocycles. The SMILES string of the molecule is CSN1CCCC1.Cc1c[c-]cc(C)c1-c1ccc(F)c2c1CCC2Oc1ccc(C2C[C@@H]2C(=O)O)cc1.[Os+]. The van der Waals surface area contributed by atoms with E-state index in [1.165, 1.54) is 25.9 Å².